The van der Waals surface area contributed by atoms with Gasteiger partial charge in [0, 0.05) is 12.6 Å². The van der Waals surface area contributed by atoms with Gasteiger partial charge in [-0.3, -0.25) is 4.79 Å². The van der Waals surface area contributed by atoms with Crippen molar-refractivity contribution in [1.82, 2.24) is 10.2 Å². The fourth-order valence-corrected chi connectivity index (χ4v) is 2.44. The normalized spacial score (nSPS) is 21.4. The van der Waals surface area contributed by atoms with Crippen molar-refractivity contribution in [2.75, 3.05) is 26.2 Å². The number of likely N-dealkylation sites (tertiary alicyclic amines) is 1. The Morgan fingerprint density at radius 3 is 2.37 bits per heavy atom. The van der Waals surface area contributed by atoms with Crippen molar-refractivity contribution in [2.24, 2.45) is 5.41 Å². The molecule has 1 N–H and O–H groups in total. The first-order chi connectivity index (χ1) is 8.84. The van der Waals surface area contributed by atoms with Gasteiger partial charge in [-0.1, -0.05) is 27.7 Å². The van der Waals surface area contributed by atoms with Gasteiger partial charge in [0.15, 0.2) is 0 Å². The van der Waals surface area contributed by atoms with Crippen LogP contribution >= 0.6 is 0 Å². The SMILES string of the molecule is CCOC(=O)C(CN1CCC(C)(C)CC1)NC(C)C. The number of piperidine rings is 1. The zero-order valence-electron chi connectivity index (χ0n) is 13.2. The lowest BCUT2D eigenvalue weighted by atomic mass is 9.82. The molecule has 1 fully saturated rings. The third-order valence-electron chi connectivity index (χ3n) is 3.76. The number of nitrogens with zero attached hydrogens (tertiary/aromatic N) is 1. The molecule has 0 radical (unpaired) electrons. The Bertz CT molecular complexity index is 280. The van der Waals surface area contributed by atoms with Crippen molar-refractivity contribution >= 4 is 5.97 Å². The molecule has 0 aromatic rings. The number of esters is 1. The highest BCUT2D eigenvalue weighted by Crippen LogP contribution is 2.29. The summed E-state index contributed by atoms with van der Waals surface area (Å²) in [5.41, 5.74) is 0.446. The van der Waals surface area contributed by atoms with Crippen molar-refractivity contribution in [3.63, 3.8) is 0 Å². The van der Waals surface area contributed by atoms with Gasteiger partial charge in [0.1, 0.15) is 6.04 Å². The van der Waals surface area contributed by atoms with E-state index in [2.05, 4.69) is 37.9 Å². The molecular formula is C15H30N2O2. The van der Waals surface area contributed by atoms with E-state index in [0.717, 1.165) is 19.6 Å². The van der Waals surface area contributed by atoms with E-state index in [1.807, 2.05) is 6.92 Å². The van der Waals surface area contributed by atoms with E-state index in [9.17, 15) is 4.79 Å². The van der Waals surface area contributed by atoms with Gasteiger partial charge >= 0.3 is 5.97 Å². The molecule has 0 spiro atoms. The molecule has 1 aliphatic rings. The summed E-state index contributed by atoms with van der Waals surface area (Å²) in [7, 11) is 0. The monoisotopic (exact) mass is 270 g/mol. The summed E-state index contributed by atoms with van der Waals surface area (Å²) in [4.78, 5) is 14.3. The average Bonchev–Trinajstić information content (AvgIpc) is 2.30. The summed E-state index contributed by atoms with van der Waals surface area (Å²) in [5, 5.41) is 3.32. The average molecular weight is 270 g/mol. The van der Waals surface area contributed by atoms with Crippen LogP contribution in [0.4, 0.5) is 0 Å². The highest BCUT2D eigenvalue weighted by atomic mass is 16.5. The molecule has 0 amide bonds. The summed E-state index contributed by atoms with van der Waals surface area (Å²) in [6.45, 7) is 14.0. The quantitative estimate of drug-likeness (QED) is 0.750. The van der Waals surface area contributed by atoms with E-state index in [1.165, 1.54) is 12.8 Å². The third-order valence-corrected chi connectivity index (χ3v) is 3.76. The highest BCUT2D eigenvalue weighted by molar-refractivity contribution is 5.76. The zero-order chi connectivity index (χ0) is 14.5. The summed E-state index contributed by atoms with van der Waals surface area (Å²) in [6, 6.07) is 0.0804. The molecule has 0 aliphatic carbocycles. The van der Waals surface area contributed by atoms with Crippen molar-refractivity contribution in [2.45, 2.75) is 59.5 Å². The summed E-state index contributed by atoms with van der Waals surface area (Å²) < 4.78 is 5.16. The molecule has 1 saturated heterocycles. The first-order valence-corrected chi connectivity index (χ1v) is 7.49. The lowest BCUT2D eigenvalue weighted by molar-refractivity contribution is -0.146. The Morgan fingerprint density at radius 2 is 1.89 bits per heavy atom. The maximum absolute atomic E-state index is 12.0. The Labute approximate surface area is 117 Å². The Kier molecular flexibility index (Phi) is 6.27. The van der Waals surface area contributed by atoms with Crippen LogP contribution in [-0.4, -0.2) is 49.2 Å². The molecule has 4 nitrogen and oxygen atoms in total. The summed E-state index contributed by atoms with van der Waals surface area (Å²) >= 11 is 0. The largest absolute Gasteiger partial charge is 0.465 e. The van der Waals surface area contributed by atoms with Gasteiger partial charge in [0.2, 0.25) is 0 Å². The van der Waals surface area contributed by atoms with Crippen molar-refractivity contribution in [3.8, 4) is 0 Å². The molecule has 4 heteroatoms. The van der Waals surface area contributed by atoms with Crippen LogP contribution in [0, 0.1) is 5.41 Å². The van der Waals surface area contributed by atoms with Crippen LogP contribution in [0.3, 0.4) is 0 Å². The molecule has 0 bridgehead atoms. The third kappa shape index (κ3) is 5.91. The number of ether oxygens (including phenoxy) is 1. The minimum absolute atomic E-state index is 0.124. The van der Waals surface area contributed by atoms with E-state index in [1.54, 1.807) is 0 Å². The molecule has 1 aliphatic heterocycles. The van der Waals surface area contributed by atoms with Crippen LogP contribution in [0.15, 0.2) is 0 Å². The Balaban J connectivity index is 2.50. The molecule has 112 valence electrons. The molecular weight excluding hydrogens is 240 g/mol. The van der Waals surface area contributed by atoms with E-state index in [4.69, 9.17) is 4.74 Å². The van der Waals surface area contributed by atoms with Gasteiger partial charge in [-0.05, 0) is 38.3 Å². The van der Waals surface area contributed by atoms with Crippen LogP contribution < -0.4 is 5.32 Å². The van der Waals surface area contributed by atoms with E-state index < -0.39 is 0 Å². The molecule has 0 aromatic heterocycles. The maximum atomic E-state index is 12.0. The van der Waals surface area contributed by atoms with E-state index in [-0.39, 0.29) is 18.1 Å². The fourth-order valence-electron chi connectivity index (χ4n) is 2.44. The number of rotatable bonds is 6. The number of carbonyl (C=O) groups excluding carboxylic acids is 1. The van der Waals surface area contributed by atoms with Crippen molar-refractivity contribution in [1.29, 1.82) is 0 Å². The smallest absolute Gasteiger partial charge is 0.324 e. The standard InChI is InChI=1S/C15H30N2O2/c1-6-19-14(18)13(16-12(2)3)11-17-9-7-15(4,5)8-10-17/h12-13,16H,6-11H2,1-5H3. The van der Waals surface area contributed by atoms with Crippen LogP contribution in [0.5, 0.6) is 0 Å². The molecule has 0 aromatic carbocycles. The van der Waals surface area contributed by atoms with E-state index >= 15 is 0 Å². The first-order valence-electron chi connectivity index (χ1n) is 7.49. The van der Waals surface area contributed by atoms with Crippen LogP contribution in [0.25, 0.3) is 0 Å². The lowest BCUT2D eigenvalue weighted by Gasteiger charge is -2.38. The van der Waals surface area contributed by atoms with Gasteiger partial charge < -0.3 is 15.0 Å². The van der Waals surface area contributed by atoms with Crippen LogP contribution in [0.1, 0.15) is 47.5 Å². The van der Waals surface area contributed by atoms with Crippen molar-refractivity contribution in [3.05, 3.63) is 0 Å². The zero-order valence-corrected chi connectivity index (χ0v) is 13.2. The minimum atomic E-state index is -0.207. The lowest BCUT2D eigenvalue weighted by Crippen LogP contribution is -2.51. The number of hydrogen-bond donors (Lipinski definition) is 1. The summed E-state index contributed by atoms with van der Waals surface area (Å²) in [5.74, 6) is -0.124. The Hall–Kier alpha value is -0.610. The van der Waals surface area contributed by atoms with Crippen LogP contribution in [0.2, 0.25) is 0 Å². The van der Waals surface area contributed by atoms with Gasteiger partial charge in [-0.2, -0.15) is 0 Å². The first kappa shape index (κ1) is 16.4. The van der Waals surface area contributed by atoms with Gasteiger partial charge in [-0.25, -0.2) is 0 Å². The Morgan fingerprint density at radius 1 is 1.32 bits per heavy atom. The topological polar surface area (TPSA) is 41.6 Å². The summed E-state index contributed by atoms with van der Waals surface area (Å²) in [6.07, 6.45) is 2.40. The predicted molar refractivity (Wildman–Crippen MR) is 78.1 cm³/mol. The fraction of sp³-hybridized carbons (Fsp3) is 0.933. The van der Waals surface area contributed by atoms with E-state index in [0.29, 0.717) is 12.0 Å². The number of hydrogen-bond acceptors (Lipinski definition) is 4. The maximum Gasteiger partial charge on any atom is 0.324 e. The highest BCUT2D eigenvalue weighted by Gasteiger charge is 2.29. The number of nitrogens with one attached hydrogen (secondary N) is 1. The van der Waals surface area contributed by atoms with Gasteiger partial charge in [0.25, 0.3) is 0 Å². The molecule has 1 rings (SSSR count). The van der Waals surface area contributed by atoms with Gasteiger partial charge in [-0.15, -0.1) is 0 Å². The predicted octanol–water partition coefficient (Wildman–Crippen LogP) is 2.04. The molecule has 1 atom stereocenters. The second-order valence-electron chi connectivity index (χ2n) is 6.59. The van der Waals surface area contributed by atoms with Gasteiger partial charge in [0.05, 0.1) is 6.61 Å². The minimum Gasteiger partial charge on any atom is -0.465 e. The van der Waals surface area contributed by atoms with Crippen LogP contribution in [-0.2, 0) is 9.53 Å². The molecule has 0 saturated carbocycles. The van der Waals surface area contributed by atoms with Crippen molar-refractivity contribution < 1.29 is 9.53 Å². The molecule has 19 heavy (non-hydrogen) atoms. The number of carbonyl (C=O) groups is 1. The molecule has 1 heterocycles. The second kappa shape index (κ2) is 7.25. The molecule has 1 unspecified atom stereocenters. The second-order valence-corrected chi connectivity index (χ2v) is 6.59.